The van der Waals surface area contributed by atoms with Gasteiger partial charge in [0.1, 0.15) is 0 Å². The van der Waals surface area contributed by atoms with Crippen molar-refractivity contribution in [2.45, 2.75) is 26.0 Å². The molecular weight excluding hydrogens is 102 g/mol. The second-order valence-electron chi connectivity index (χ2n) is 2.22. The van der Waals surface area contributed by atoms with Crippen molar-refractivity contribution in [3.8, 4) is 0 Å². The molecule has 1 fully saturated rings. The quantitative estimate of drug-likeness (QED) is 0.447. The molecule has 0 spiro atoms. The van der Waals surface area contributed by atoms with E-state index in [0.717, 1.165) is 13.2 Å². The molecule has 0 saturated carbocycles. The highest BCUT2D eigenvalue weighted by Crippen LogP contribution is 2.02. The molecule has 0 unspecified atom stereocenters. The van der Waals surface area contributed by atoms with Crippen molar-refractivity contribution < 1.29 is 4.74 Å². The first-order chi connectivity index (χ1) is 3.80. The number of ether oxygens (including phenoxy) is 1. The minimum Gasteiger partial charge on any atom is -0.375 e. The summed E-state index contributed by atoms with van der Waals surface area (Å²) in [6, 6.07) is 0.406. The van der Waals surface area contributed by atoms with Crippen LogP contribution < -0.4 is 5.32 Å². The monoisotopic (exact) mass is 114 g/mol. The average Bonchev–Trinajstić information content (AvgIpc) is 1.77. The fraction of sp³-hybridized carbons (Fsp3) is 1.00. The lowest BCUT2D eigenvalue weighted by molar-refractivity contribution is 0.0115. The van der Waals surface area contributed by atoms with Crippen molar-refractivity contribution in [3.05, 3.63) is 0 Å². The van der Waals surface area contributed by atoms with Gasteiger partial charge in [0.25, 0.3) is 0 Å². The lowest BCUT2D eigenvalue weighted by Crippen LogP contribution is -2.40. The zero-order valence-corrected chi connectivity index (χ0v) is 5.42. The third-order valence-electron chi connectivity index (χ3n) is 1.57. The Kier molecular flexibility index (Phi) is 1.86. The first kappa shape index (κ1) is 6.05. The molecule has 0 aliphatic carbocycles. The molecule has 1 heterocycles. The third-order valence-corrected chi connectivity index (χ3v) is 1.57. The Labute approximate surface area is 50.2 Å². The van der Waals surface area contributed by atoms with E-state index >= 15 is 0 Å². The largest absolute Gasteiger partial charge is 0.375 e. The molecule has 1 radical (unpaired) electrons. The Morgan fingerprint density at radius 1 is 1.50 bits per heavy atom. The summed E-state index contributed by atoms with van der Waals surface area (Å²) in [5.41, 5.74) is 0. The van der Waals surface area contributed by atoms with Gasteiger partial charge in [0.15, 0.2) is 0 Å². The number of hydrogen-bond acceptors (Lipinski definition) is 1. The molecule has 1 aliphatic rings. The first-order valence-corrected chi connectivity index (χ1v) is 3.09. The van der Waals surface area contributed by atoms with Crippen LogP contribution >= 0.6 is 0 Å². The van der Waals surface area contributed by atoms with E-state index in [4.69, 9.17) is 4.74 Å². The summed E-state index contributed by atoms with van der Waals surface area (Å²) in [4.78, 5) is 0. The van der Waals surface area contributed by atoms with E-state index in [0.29, 0.717) is 12.1 Å². The summed E-state index contributed by atoms with van der Waals surface area (Å²) >= 11 is 0. The standard InChI is InChI=1S/C6H12NO/c1-5-6(2)8-4-3-7-5/h5-6H,3-4H2,1-2H3/t5-,6-/m1/s1. The third kappa shape index (κ3) is 1.20. The van der Waals surface area contributed by atoms with Gasteiger partial charge in [-0.2, -0.15) is 0 Å². The SMILES string of the molecule is C[C@H]1[N]CCO[C@@H]1C. The van der Waals surface area contributed by atoms with Gasteiger partial charge in [-0.05, 0) is 13.8 Å². The van der Waals surface area contributed by atoms with Gasteiger partial charge >= 0.3 is 0 Å². The summed E-state index contributed by atoms with van der Waals surface area (Å²) in [6.45, 7) is 5.84. The molecule has 2 atom stereocenters. The number of hydrogen-bond donors (Lipinski definition) is 0. The summed E-state index contributed by atoms with van der Waals surface area (Å²) in [6.07, 6.45) is 0.337. The maximum Gasteiger partial charge on any atom is 0.0714 e. The highest BCUT2D eigenvalue weighted by molar-refractivity contribution is 4.71. The van der Waals surface area contributed by atoms with Crippen LogP contribution in [0, 0.1) is 0 Å². The molecule has 0 amide bonds. The minimum atomic E-state index is 0.337. The van der Waals surface area contributed by atoms with Crippen molar-refractivity contribution in [1.29, 1.82) is 0 Å². The molecule has 47 valence electrons. The predicted molar refractivity (Wildman–Crippen MR) is 31.9 cm³/mol. The van der Waals surface area contributed by atoms with Crippen LogP contribution in [0.2, 0.25) is 0 Å². The van der Waals surface area contributed by atoms with Crippen LogP contribution in [-0.4, -0.2) is 25.3 Å². The van der Waals surface area contributed by atoms with Crippen molar-refractivity contribution in [1.82, 2.24) is 5.32 Å². The number of rotatable bonds is 0. The molecule has 2 heteroatoms. The van der Waals surface area contributed by atoms with Crippen LogP contribution in [0.25, 0.3) is 0 Å². The van der Waals surface area contributed by atoms with E-state index in [-0.39, 0.29) is 0 Å². The molecule has 2 nitrogen and oxygen atoms in total. The fourth-order valence-corrected chi connectivity index (χ4v) is 0.783. The van der Waals surface area contributed by atoms with Crippen LogP contribution in [0.4, 0.5) is 0 Å². The Morgan fingerprint density at radius 2 is 2.25 bits per heavy atom. The van der Waals surface area contributed by atoms with Crippen molar-refractivity contribution in [2.24, 2.45) is 0 Å². The molecule has 1 saturated heterocycles. The van der Waals surface area contributed by atoms with Gasteiger partial charge in [-0.15, -0.1) is 0 Å². The summed E-state index contributed by atoms with van der Waals surface area (Å²) in [5.74, 6) is 0. The van der Waals surface area contributed by atoms with Gasteiger partial charge in [-0.3, -0.25) is 0 Å². The van der Waals surface area contributed by atoms with Gasteiger partial charge in [-0.1, -0.05) is 0 Å². The van der Waals surface area contributed by atoms with E-state index in [9.17, 15) is 0 Å². The van der Waals surface area contributed by atoms with E-state index in [1.807, 2.05) is 0 Å². The summed E-state index contributed by atoms with van der Waals surface area (Å²) < 4.78 is 5.30. The Bertz CT molecular complexity index is 64.9. The molecule has 0 aromatic heterocycles. The number of nitrogens with zero attached hydrogens (tertiary/aromatic N) is 1. The van der Waals surface area contributed by atoms with E-state index in [2.05, 4.69) is 19.2 Å². The smallest absolute Gasteiger partial charge is 0.0714 e. The van der Waals surface area contributed by atoms with Crippen LogP contribution in [-0.2, 0) is 4.74 Å². The highest BCUT2D eigenvalue weighted by Gasteiger charge is 2.16. The molecule has 0 N–H and O–H groups in total. The van der Waals surface area contributed by atoms with Crippen molar-refractivity contribution >= 4 is 0 Å². The topological polar surface area (TPSA) is 23.3 Å². The lowest BCUT2D eigenvalue weighted by Gasteiger charge is -2.25. The highest BCUT2D eigenvalue weighted by atomic mass is 16.5. The number of morpholine rings is 1. The van der Waals surface area contributed by atoms with Crippen LogP contribution in [0.15, 0.2) is 0 Å². The van der Waals surface area contributed by atoms with Gasteiger partial charge in [0.05, 0.1) is 12.7 Å². The fourth-order valence-electron chi connectivity index (χ4n) is 0.783. The predicted octanol–water partition coefficient (Wildman–Crippen LogP) is 0.398. The molecule has 0 bridgehead atoms. The second kappa shape index (κ2) is 2.46. The first-order valence-electron chi connectivity index (χ1n) is 3.09. The molecule has 1 aliphatic heterocycles. The van der Waals surface area contributed by atoms with Crippen LogP contribution in [0.3, 0.4) is 0 Å². The van der Waals surface area contributed by atoms with Crippen LogP contribution in [0.5, 0.6) is 0 Å². The Hall–Kier alpha value is -0.0800. The minimum absolute atomic E-state index is 0.337. The molecule has 0 aromatic rings. The second-order valence-corrected chi connectivity index (χ2v) is 2.22. The normalized spacial score (nSPS) is 39.8. The molecule has 8 heavy (non-hydrogen) atoms. The maximum atomic E-state index is 5.30. The van der Waals surface area contributed by atoms with Crippen molar-refractivity contribution in [2.75, 3.05) is 13.2 Å². The van der Waals surface area contributed by atoms with Gasteiger partial charge in [0.2, 0.25) is 0 Å². The van der Waals surface area contributed by atoms with Gasteiger partial charge in [0, 0.05) is 12.6 Å². The van der Waals surface area contributed by atoms with Gasteiger partial charge in [-0.25, -0.2) is 5.32 Å². The van der Waals surface area contributed by atoms with Gasteiger partial charge < -0.3 is 4.74 Å². The Balaban J connectivity index is 2.28. The van der Waals surface area contributed by atoms with E-state index in [1.54, 1.807) is 0 Å². The zero-order chi connectivity index (χ0) is 5.98. The molecule has 0 aromatic carbocycles. The zero-order valence-electron chi connectivity index (χ0n) is 5.42. The average molecular weight is 114 g/mol. The van der Waals surface area contributed by atoms with E-state index in [1.165, 1.54) is 0 Å². The summed E-state index contributed by atoms with van der Waals surface area (Å²) in [7, 11) is 0. The van der Waals surface area contributed by atoms with E-state index < -0.39 is 0 Å². The van der Waals surface area contributed by atoms with Crippen molar-refractivity contribution in [3.63, 3.8) is 0 Å². The lowest BCUT2D eigenvalue weighted by atomic mass is 10.2. The maximum absolute atomic E-state index is 5.30. The molecular formula is C6H12NO. The Morgan fingerprint density at radius 3 is 2.62 bits per heavy atom. The summed E-state index contributed by atoms with van der Waals surface area (Å²) in [5, 5.41) is 4.29. The van der Waals surface area contributed by atoms with Crippen LogP contribution in [0.1, 0.15) is 13.8 Å². The molecule has 1 rings (SSSR count).